The van der Waals surface area contributed by atoms with Crippen molar-refractivity contribution in [2.75, 3.05) is 6.61 Å². The first-order valence-electron chi connectivity index (χ1n) is 10.2. The standard InChI is InChI=1S/C22H31ClO6/c23-15-6-5-7-17(12-15)29-14-16(24)10-11-19-18(20(25)13-21(19)26)8-3-1-2-4-9-22(27)28/h1,3,5-7,12,16,18-21,24-26H,2,4,8-11,13-14H2,(H,27,28)/b3-1-/t16-,18-,19-,20+,21-/m1/s1. The Labute approximate surface area is 176 Å². The van der Waals surface area contributed by atoms with Crippen molar-refractivity contribution >= 4 is 17.6 Å². The van der Waals surface area contributed by atoms with Crippen LogP contribution in [0, 0.1) is 11.8 Å². The summed E-state index contributed by atoms with van der Waals surface area (Å²) in [5.74, 6) is -0.360. The van der Waals surface area contributed by atoms with Crippen molar-refractivity contribution in [2.24, 2.45) is 11.8 Å². The van der Waals surface area contributed by atoms with E-state index in [0.29, 0.717) is 49.3 Å². The molecule has 0 radical (unpaired) electrons. The van der Waals surface area contributed by atoms with Crippen LogP contribution >= 0.6 is 11.6 Å². The van der Waals surface area contributed by atoms with Crippen LogP contribution in [0.4, 0.5) is 0 Å². The van der Waals surface area contributed by atoms with Gasteiger partial charge in [-0.15, -0.1) is 0 Å². The number of unbranched alkanes of at least 4 members (excludes halogenated alkanes) is 1. The van der Waals surface area contributed by atoms with Crippen LogP contribution < -0.4 is 4.74 Å². The van der Waals surface area contributed by atoms with E-state index in [-0.39, 0.29) is 24.9 Å². The number of hydrogen-bond acceptors (Lipinski definition) is 5. The van der Waals surface area contributed by atoms with Gasteiger partial charge in [0.1, 0.15) is 12.4 Å². The van der Waals surface area contributed by atoms with E-state index in [0.717, 1.165) is 0 Å². The maximum Gasteiger partial charge on any atom is 0.303 e. The van der Waals surface area contributed by atoms with E-state index in [1.54, 1.807) is 24.3 Å². The van der Waals surface area contributed by atoms with Crippen LogP contribution in [0.3, 0.4) is 0 Å². The Balaban J connectivity index is 1.75. The molecule has 5 atom stereocenters. The molecule has 7 heteroatoms. The molecule has 1 saturated carbocycles. The largest absolute Gasteiger partial charge is 0.491 e. The number of aliphatic hydroxyl groups excluding tert-OH is 3. The van der Waals surface area contributed by atoms with Gasteiger partial charge in [0, 0.05) is 11.4 Å². The highest BCUT2D eigenvalue weighted by Gasteiger charge is 2.40. The van der Waals surface area contributed by atoms with Crippen molar-refractivity contribution in [2.45, 2.75) is 63.3 Å². The summed E-state index contributed by atoms with van der Waals surface area (Å²) >= 11 is 5.91. The monoisotopic (exact) mass is 426 g/mol. The molecule has 162 valence electrons. The zero-order valence-electron chi connectivity index (χ0n) is 16.5. The zero-order valence-corrected chi connectivity index (χ0v) is 17.2. The molecular formula is C22H31ClO6. The molecule has 29 heavy (non-hydrogen) atoms. The van der Waals surface area contributed by atoms with E-state index in [1.165, 1.54) is 0 Å². The molecule has 1 aliphatic carbocycles. The quantitative estimate of drug-likeness (QED) is 0.301. The molecule has 1 aliphatic rings. The van der Waals surface area contributed by atoms with Gasteiger partial charge < -0.3 is 25.2 Å². The molecule has 1 aromatic rings. The van der Waals surface area contributed by atoms with Gasteiger partial charge in [-0.3, -0.25) is 4.79 Å². The van der Waals surface area contributed by atoms with Gasteiger partial charge in [-0.25, -0.2) is 0 Å². The van der Waals surface area contributed by atoms with Gasteiger partial charge in [0.2, 0.25) is 0 Å². The average molecular weight is 427 g/mol. The minimum atomic E-state index is -0.800. The summed E-state index contributed by atoms with van der Waals surface area (Å²) in [7, 11) is 0. The van der Waals surface area contributed by atoms with Crippen LogP contribution in [-0.2, 0) is 4.79 Å². The van der Waals surface area contributed by atoms with Gasteiger partial charge in [0.05, 0.1) is 18.3 Å². The molecule has 2 rings (SSSR count). The molecule has 1 fully saturated rings. The van der Waals surface area contributed by atoms with Gasteiger partial charge in [0.25, 0.3) is 0 Å². The second-order valence-corrected chi connectivity index (χ2v) is 8.13. The van der Waals surface area contributed by atoms with E-state index in [2.05, 4.69) is 0 Å². The van der Waals surface area contributed by atoms with E-state index in [9.17, 15) is 20.1 Å². The summed E-state index contributed by atoms with van der Waals surface area (Å²) in [6.45, 7) is 0.139. The number of benzene rings is 1. The van der Waals surface area contributed by atoms with Crippen molar-refractivity contribution in [3.05, 3.63) is 41.4 Å². The number of aliphatic hydroxyl groups is 3. The second-order valence-electron chi connectivity index (χ2n) is 7.69. The van der Waals surface area contributed by atoms with Crippen molar-refractivity contribution in [1.82, 2.24) is 0 Å². The van der Waals surface area contributed by atoms with Crippen LogP contribution in [0.15, 0.2) is 36.4 Å². The Bertz CT molecular complexity index is 664. The Kier molecular flexibility index (Phi) is 9.94. The number of carbonyl (C=O) groups is 1. The summed E-state index contributed by atoms with van der Waals surface area (Å²) in [6.07, 6.45) is 5.51. The molecule has 0 aromatic heterocycles. The Morgan fingerprint density at radius 3 is 2.72 bits per heavy atom. The van der Waals surface area contributed by atoms with E-state index in [4.69, 9.17) is 21.4 Å². The fraction of sp³-hybridized carbons (Fsp3) is 0.591. The van der Waals surface area contributed by atoms with Crippen LogP contribution in [-0.4, -0.2) is 51.3 Å². The predicted octanol–water partition coefficient (Wildman–Crippen LogP) is 3.42. The fourth-order valence-electron chi connectivity index (χ4n) is 3.87. The molecule has 0 bridgehead atoms. The third kappa shape index (κ3) is 8.34. The van der Waals surface area contributed by atoms with Crippen molar-refractivity contribution in [1.29, 1.82) is 0 Å². The number of aliphatic carboxylic acids is 1. The number of carboxylic acid groups (broad SMARTS) is 1. The molecule has 4 N–H and O–H groups in total. The minimum absolute atomic E-state index is 0.0678. The van der Waals surface area contributed by atoms with Crippen LogP contribution in [0.2, 0.25) is 5.02 Å². The summed E-state index contributed by atoms with van der Waals surface area (Å²) in [5.41, 5.74) is 0. The van der Waals surface area contributed by atoms with Crippen molar-refractivity contribution < 1.29 is 30.0 Å². The smallest absolute Gasteiger partial charge is 0.303 e. The summed E-state index contributed by atoms with van der Waals surface area (Å²) < 4.78 is 5.56. The second kappa shape index (κ2) is 12.2. The van der Waals surface area contributed by atoms with Gasteiger partial charge >= 0.3 is 5.97 Å². The molecule has 1 aromatic carbocycles. The lowest BCUT2D eigenvalue weighted by atomic mass is 9.86. The van der Waals surface area contributed by atoms with Crippen LogP contribution in [0.5, 0.6) is 5.75 Å². The normalized spacial score (nSPS) is 25.4. The Hall–Kier alpha value is -1.60. The number of halogens is 1. The number of allylic oxidation sites excluding steroid dienone is 2. The number of hydrogen-bond donors (Lipinski definition) is 4. The predicted molar refractivity (Wildman–Crippen MR) is 111 cm³/mol. The number of carboxylic acids is 1. The highest BCUT2D eigenvalue weighted by Crippen LogP contribution is 2.38. The lowest BCUT2D eigenvalue weighted by molar-refractivity contribution is -0.137. The molecule has 0 heterocycles. The van der Waals surface area contributed by atoms with Gasteiger partial charge in [-0.2, -0.15) is 0 Å². The zero-order chi connectivity index (χ0) is 21.2. The van der Waals surface area contributed by atoms with Crippen molar-refractivity contribution in [3.8, 4) is 5.75 Å². The molecule has 6 nitrogen and oxygen atoms in total. The summed E-state index contributed by atoms with van der Waals surface area (Å²) in [5, 5.41) is 40.0. The summed E-state index contributed by atoms with van der Waals surface area (Å²) in [6, 6.07) is 6.98. The third-order valence-corrected chi connectivity index (χ3v) is 5.66. The van der Waals surface area contributed by atoms with Gasteiger partial charge in [-0.05, 0) is 68.6 Å². The highest BCUT2D eigenvalue weighted by atomic mass is 35.5. The van der Waals surface area contributed by atoms with Crippen molar-refractivity contribution in [3.63, 3.8) is 0 Å². The SMILES string of the molecule is O=C(O)CCC/C=C\C[C@@H]1[C@@H](CC[C@@H](O)COc2cccc(Cl)c2)[C@H](O)C[C@@H]1O. The number of rotatable bonds is 12. The Morgan fingerprint density at radius 2 is 2.00 bits per heavy atom. The van der Waals surface area contributed by atoms with Gasteiger partial charge in [-0.1, -0.05) is 29.8 Å². The van der Waals surface area contributed by atoms with E-state index >= 15 is 0 Å². The van der Waals surface area contributed by atoms with Crippen LogP contribution in [0.1, 0.15) is 44.9 Å². The maximum absolute atomic E-state index is 10.5. The van der Waals surface area contributed by atoms with Crippen LogP contribution in [0.25, 0.3) is 0 Å². The van der Waals surface area contributed by atoms with E-state index in [1.807, 2.05) is 12.2 Å². The number of ether oxygens (including phenoxy) is 1. The lowest BCUT2D eigenvalue weighted by Crippen LogP contribution is -2.25. The maximum atomic E-state index is 10.5. The molecule has 0 amide bonds. The summed E-state index contributed by atoms with van der Waals surface area (Å²) in [4.78, 5) is 10.5. The molecule has 0 aliphatic heterocycles. The lowest BCUT2D eigenvalue weighted by Gasteiger charge is -2.23. The molecule has 0 unspecified atom stereocenters. The molecule has 0 saturated heterocycles. The first kappa shape index (κ1) is 23.7. The molecular weight excluding hydrogens is 396 g/mol. The Morgan fingerprint density at radius 1 is 1.24 bits per heavy atom. The minimum Gasteiger partial charge on any atom is -0.491 e. The fourth-order valence-corrected chi connectivity index (χ4v) is 4.05. The van der Waals surface area contributed by atoms with E-state index < -0.39 is 24.3 Å². The molecule has 0 spiro atoms. The highest BCUT2D eigenvalue weighted by molar-refractivity contribution is 6.30. The average Bonchev–Trinajstić information content (AvgIpc) is 2.93. The topological polar surface area (TPSA) is 107 Å². The van der Waals surface area contributed by atoms with Gasteiger partial charge in [0.15, 0.2) is 0 Å². The first-order valence-corrected chi connectivity index (χ1v) is 10.5. The third-order valence-electron chi connectivity index (χ3n) is 5.43. The first-order chi connectivity index (χ1) is 13.9.